The molecule has 25 heavy (non-hydrogen) atoms. The van der Waals surface area contributed by atoms with Gasteiger partial charge in [-0.15, -0.1) is 0 Å². The molecule has 1 aliphatic rings. The molecule has 0 aliphatic carbocycles. The molecule has 0 N–H and O–H groups in total. The van der Waals surface area contributed by atoms with Gasteiger partial charge >= 0.3 is 6.01 Å². The Morgan fingerprint density at radius 2 is 2.08 bits per heavy atom. The molecular weight excluding hydrogens is 314 g/mol. The zero-order valence-corrected chi connectivity index (χ0v) is 14.9. The topological polar surface area (TPSA) is 55.3 Å². The zero-order valence-electron chi connectivity index (χ0n) is 14.9. The standard InChI is InChI=1S/C20H25N3O2/c1-3-16-12-21-20(22-13-16)25-18-8-5-9-23(14-18)19(24)11-17-7-4-6-15(2)10-17/h4,6-7,10,12-13,18H,3,5,8-9,11,14H2,1-2H3. The third-order valence-corrected chi connectivity index (χ3v) is 4.53. The number of benzene rings is 1. The van der Waals surface area contributed by atoms with Gasteiger partial charge in [-0.25, -0.2) is 9.97 Å². The van der Waals surface area contributed by atoms with Crippen LogP contribution in [0.1, 0.15) is 36.5 Å². The van der Waals surface area contributed by atoms with Crippen LogP contribution >= 0.6 is 0 Å². The molecule has 0 saturated carbocycles. The van der Waals surface area contributed by atoms with Gasteiger partial charge in [0.1, 0.15) is 6.10 Å². The van der Waals surface area contributed by atoms with E-state index in [9.17, 15) is 4.79 Å². The third-order valence-electron chi connectivity index (χ3n) is 4.53. The number of aryl methyl sites for hydroxylation is 2. The van der Waals surface area contributed by atoms with Crippen LogP contribution in [0.2, 0.25) is 0 Å². The van der Waals surface area contributed by atoms with Crippen molar-refractivity contribution in [1.82, 2.24) is 14.9 Å². The van der Waals surface area contributed by atoms with Crippen molar-refractivity contribution >= 4 is 5.91 Å². The van der Waals surface area contributed by atoms with Gasteiger partial charge in [0.05, 0.1) is 13.0 Å². The van der Waals surface area contributed by atoms with E-state index in [1.807, 2.05) is 30.0 Å². The van der Waals surface area contributed by atoms with E-state index in [0.29, 0.717) is 19.0 Å². The molecule has 1 unspecified atom stereocenters. The number of aromatic nitrogens is 2. The summed E-state index contributed by atoms with van der Waals surface area (Å²) in [5, 5.41) is 0. The Bertz CT molecular complexity index is 715. The Kier molecular flexibility index (Phi) is 5.64. The van der Waals surface area contributed by atoms with Crippen LogP contribution in [0, 0.1) is 6.92 Å². The van der Waals surface area contributed by atoms with Gasteiger partial charge in [-0.1, -0.05) is 36.8 Å². The van der Waals surface area contributed by atoms with Crippen molar-refractivity contribution in [2.45, 2.75) is 45.6 Å². The van der Waals surface area contributed by atoms with Crippen LogP contribution in [0.3, 0.4) is 0 Å². The maximum Gasteiger partial charge on any atom is 0.316 e. The fraction of sp³-hybridized carbons (Fsp3) is 0.450. The summed E-state index contributed by atoms with van der Waals surface area (Å²) in [5.74, 6) is 0.154. The molecule has 2 heterocycles. The minimum Gasteiger partial charge on any atom is -0.458 e. The Hall–Kier alpha value is -2.43. The number of rotatable bonds is 5. The van der Waals surface area contributed by atoms with Crippen LogP contribution in [-0.4, -0.2) is 40.0 Å². The second-order valence-corrected chi connectivity index (χ2v) is 6.62. The molecule has 1 fully saturated rings. The summed E-state index contributed by atoms with van der Waals surface area (Å²) in [6.07, 6.45) is 6.77. The van der Waals surface area contributed by atoms with E-state index in [0.717, 1.165) is 36.9 Å². The monoisotopic (exact) mass is 339 g/mol. The number of likely N-dealkylation sites (tertiary alicyclic amines) is 1. The molecule has 0 spiro atoms. The molecule has 1 aromatic carbocycles. The zero-order chi connectivity index (χ0) is 17.6. The molecule has 1 amide bonds. The Balaban J connectivity index is 1.57. The highest BCUT2D eigenvalue weighted by Gasteiger charge is 2.25. The van der Waals surface area contributed by atoms with E-state index in [2.05, 4.69) is 23.0 Å². The van der Waals surface area contributed by atoms with E-state index in [1.165, 1.54) is 5.56 Å². The number of hydrogen-bond acceptors (Lipinski definition) is 4. The molecule has 132 valence electrons. The number of nitrogens with zero attached hydrogens (tertiary/aromatic N) is 3. The Labute approximate surface area is 149 Å². The van der Waals surface area contributed by atoms with Gasteiger partial charge in [0, 0.05) is 18.9 Å². The first-order valence-electron chi connectivity index (χ1n) is 8.95. The summed E-state index contributed by atoms with van der Waals surface area (Å²) < 4.78 is 5.89. The minimum absolute atomic E-state index is 0.0392. The molecule has 3 rings (SSSR count). The van der Waals surface area contributed by atoms with Gasteiger partial charge in [0.25, 0.3) is 0 Å². The van der Waals surface area contributed by atoms with E-state index in [4.69, 9.17) is 4.74 Å². The van der Waals surface area contributed by atoms with E-state index >= 15 is 0 Å². The van der Waals surface area contributed by atoms with Crippen LogP contribution in [0.4, 0.5) is 0 Å². The van der Waals surface area contributed by atoms with Crippen molar-refractivity contribution in [1.29, 1.82) is 0 Å². The average Bonchev–Trinajstić information content (AvgIpc) is 2.62. The summed E-state index contributed by atoms with van der Waals surface area (Å²) in [6.45, 7) is 5.50. The van der Waals surface area contributed by atoms with Crippen molar-refractivity contribution in [2.75, 3.05) is 13.1 Å². The average molecular weight is 339 g/mol. The number of ether oxygens (including phenoxy) is 1. The van der Waals surface area contributed by atoms with Crippen molar-refractivity contribution in [3.05, 3.63) is 53.3 Å². The van der Waals surface area contributed by atoms with Crippen molar-refractivity contribution < 1.29 is 9.53 Å². The number of hydrogen-bond donors (Lipinski definition) is 0. The lowest BCUT2D eigenvalue weighted by atomic mass is 10.1. The highest BCUT2D eigenvalue weighted by atomic mass is 16.5. The summed E-state index contributed by atoms with van der Waals surface area (Å²) in [7, 11) is 0. The Morgan fingerprint density at radius 1 is 1.28 bits per heavy atom. The molecule has 5 heteroatoms. The highest BCUT2D eigenvalue weighted by molar-refractivity contribution is 5.79. The third kappa shape index (κ3) is 4.78. The summed E-state index contributed by atoms with van der Waals surface area (Å²) in [6, 6.07) is 8.51. The smallest absolute Gasteiger partial charge is 0.316 e. The first-order chi connectivity index (χ1) is 12.1. The molecule has 5 nitrogen and oxygen atoms in total. The van der Waals surface area contributed by atoms with Crippen LogP contribution in [0.25, 0.3) is 0 Å². The number of piperidine rings is 1. The lowest BCUT2D eigenvalue weighted by molar-refractivity contribution is -0.133. The SMILES string of the molecule is CCc1cnc(OC2CCCN(C(=O)Cc3cccc(C)c3)C2)nc1. The predicted octanol–water partition coefficient (Wildman–Crippen LogP) is 2.96. The minimum atomic E-state index is -0.0392. The highest BCUT2D eigenvalue weighted by Crippen LogP contribution is 2.17. The molecular formula is C20H25N3O2. The van der Waals surface area contributed by atoms with Crippen LogP contribution in [0.5, 0.6) is 6.01 Å². The van der Waals surface area contributed by atoms with Crippen molar-refractivity contribution in [2.24, 2.45) is 0 Å². The molecule has 1 atom stereocenters. The lowest BCUT2D eigenvalue weighted by Crippen LogP contribution is -2.45. The molecule has 1 aliphatic heterocycles. The summed E-state index contributed by atoms with van der Waals surface area (Å²) in [5.41, 5.74) is 3.33. The number of carbonyl (C=O) groups is 1. The molecule has 0 radical (unpaired) electrons. The lowest BCUT2D eigenvalue weighted by Gasteiger charge is -2.32. The van der Waals surface area contributed by atoms with Crippen molar-refractivity contribution in [3.8, 4) is 6.01 Å². The van der Waals surface area contributed by atoms with E-state index in [1.54, 1.807) is 12.4 Å². The maximum atomic E-state index is 12.6. The molecule has 2 aromatic rings. The van der Waals surface area contributed by atoms with E-state index < -0.39 is 0 Å². The number of amides is 1. The van der Waals surface area contributed by atoms with Crippen LogP contribution in [-0.2, 0) is 17.6 Å². The van der Waals surface area contributed by atoms with E-state index in [-0.39, 0.29) is 12.0 Å². The summed E-state index contributed by atoms with van der Waals surface area (Å²) >= 11 is 0. The second kappa shape index (κ2) is 8.10. The van der Waals surface area contributed by atoms with Gasteiger partial charge in [-0.2, -0.15) is 0 Å². The van der Waals surface area contributed by atoms with Crippen molar-refractivity contribution in [3.63, 3.8) is 0 Å². The molecule has 1 aromatic heterocycles. The normalized spacial score (nSPS) is 17.4. The second-order valence-electron chi connectivity index (χ2n) is 6.62. The van der Waals surface area contributed by atoms with Gasteiger partial charge in [-0.05, 0) is 37.3 Å². The molecule has 1 saturated heterocycles. The van der Waals surface area contributed by atoms with Gasteiger partial charge < -0.3 is 9.64 Å². The van der Waals surface area contributed by atoms with Crippen LogP contribution in [0.15, 0.2) is 36.7 Å². The fourth-order valence-electron chi connectivity index (χ4n) is 3.10. The Morgan fingerprint density at radius 3 is 2.80 bits per heavy atom. The van der Waals surface area contributed by atoms with Gasteiger partial charge in [-0.3, -0.25) is 4.79 Å². The quantitative estimate of drug-likeness (QED) is 0.840. The van der Waals surface area contributed by atoms with Crippen LogP contribution < -0.4 is 4.74 Å². The van der Waals surface area contributed by atoms with Gasteiger partial charge in [0.15, 0.2) is 0 Å². The maximum absolute atomic E-state index is 12.6. The largest absolute Gasteiger partial charge is 0.458 e. The fourth-order valence-corrected chi connectivity index (χ4v) is 3.10. The van der Waals surface area contributed by atoms with Gasteiger partial charge in [0.2, 0.25) is 5.91 Å². The molecule has 0 bridgehead atoms. The predicted molar refractivity (Wildman–Crippen MR) is 96.5 cm³/mol. The first-order valence-corrected chi connectivity index (χ1v) is 8.95. The first kappa shape index (κ1) is 17.4. The summed E-state index contributed by atoms with van der Waals surface area (Å²) in [4.78, 5) is 23.0. The number of carbonyl (C=O) groups excluding carboxylic acids is 1.